The second-order valence-electron chi connectivity index (χ2n) is 4.00. The van der Waals surface area contributed by atoms with Crippen molar-refractivity contribution < 1.29 is 9.50 Å². The lowest BCUT2D eigenvalue weighted by molar-refractivity contribution is 0.475. The Morgan fingerprint density at radius 2 is 1.82 bits per heavy atom. The average Bonchev–Trinajstić information content (AvgIpc) is 2.32. The summed E-state index contributed by atoms with van der Waals surface area (Å²) >= 11 is 0. The summed E-state index contributed by atoms with van der Waals surface area (Å²) in [4.78, 5) is 0. The van der Waals surface area contributed by atoms with Gasteiger partial charge in [0.05, 0.1) is 5.69 Å². The van der Waals surface area contributed by atoms with Crippen molar-refractivity contribution >= 4 is 5.69 Å². The predicted molar refractivity (Wildman–Crippen MR) is 66.6 cm³/mol. The van der Waals surface area contributed by atoms with Gasteiger partial charge < -0.3 is 10.4 Å². The molecule has 0 aliphatic heterocycles. The second-order valence-corrected chi connectivity index (χ2v) is 4.00. The van der Waals surface area contributed by atoms with E-state index in [4.69, 9.17) is 0 Å². The van der Waals surface area contributed by atoms with E-state index >= 15 is 0 Å². The van der Waals surface area contributed by atoms with E-state index in [-0.39, 0.29) is 11.6 Å². The highest BCUT2D eigenvalue weighted by atomic mass is 19.1. The highest BCUT2D eigenvalue weighted by Crippen LogP contribution is 2.24. The monoisotopic (exact) mass is 231 g/mol. The van der Waals surface area contributed by atoms with Gasteiger partial charge in [0.2, 0.25) is 0 Å². The van der Waals surface area contributed by atoms with E-state index < -0.39 is 0 Å². The fraction of sp³-hybridized carbons (Fsp3) is 0.143. The van der Waals surface area contributed by atoms with Crippen LogP contribution in [-0.2, 0) is 6.54 Å². The zero-order chi connectivity index (χ0) is 12.3. The maximum Gasteiger partial charge on any atom is 0.138 e. The molecule has 0 saturated heterocycles. The zero-order valence-corrected chi connectivity index (χ0v) is 9.57. The molecule has 17 heavy (non-hydrogen) atoms. The Morgan fingerprint density at radius 3 is 2.53 bits per heavy atom. The summed E-state index contributed by atoms with van der Waals surface area (Å²) in [6.45, 7) is 2.58. The molecule has 2 nitrogen and oxygen atoms in total. The first-order valence-electron chi connectivity index (χ1n) is 5.43. The molecule has 0 amide bonds. The Bertz CT molecular complexity index is 508. The van der Waals surface area contributed by atoms with E-state index in [1.807, 2.05) is 31.2 Å². The summed E-state index contributed by atoms with van der Waals surface area (Å²) in [6, 6.07) is 11.9. The van der Waals surface area contributed by atoms with E-state index in [9.17, 15) is 9.50 Å². The van der Waals surface area contributed by atoms with Crippen LogP contribution in [0.15, 0.2) is 42.5 Å². The van der Waals surface area contributed by atoms with Gasteiger partial charge in [0.15, 0.2) is 0 Å². The molecule has 0 aromatic heterocycles. The van der Waals surface area contributed by atoms with Crippen molar-refractivity contribution in [1.29, 1.82) is 0 Å². The second kappa shape index (κ2) is 4.87. The van der Waals surface area contributed by atoms with Crippen LogP contribution in [0.3, 0.4) is 0 Å². The SMILES string of the molecule is Cc1ccc(CNc2cc(F)ccc2O)cc1. The van der Waals surface area contributed by atoms with Gasteiger partial charge >= 0.3 is 0 Å². The molecule has 0 saturated carbocycles. The molecule has 0 unspecified atom stereocenters. The minimum absolute atomic E-state index is 0.0542. The first-order valence-corrected chi connectivity index (χ1v) is 5.43. The van der Waals surface area contributed by atoms with Crippen LogP contribution in [0.2, 0.25) is 0 Å². The van der Waals surface area contributed by atoms with Gasteiger partial charge in [-0.25, -0.2) is 4.39 Å². The summed E-state index contributed by atoms with van der Waals surface area (Å²) in [7, 11) is 0. The summed E-state index contributed by atoms with van der Waals surface area (Å²) in [6.07, 6.45) is 0. The van der Waals surface area contributed by atoms with E-state index in [0.717, 1.165) is 5.56 Å². The summed E-state index contributed by atoms with van der Waals surface area (Å²) < 4.78 is 13.0. The molecule has 2 N–H and O–H groups in total. The molecular formula is C14H14FNO. The van der Waals surface area contributed by atoms with Crippen molar-refractivity contribution in [3.8, 4) is 5.75 Å². The molecule has 2 aromatic rings. The van der Waals surface area contributed by atoms with Gasteiger partial charge in [-0.3, -0.25) is 0 Å². The number of aryl methyl sites for hydroxylation is 1. The standard InChI is InChI=1S/C14H14FNO/c1-10-2-4-11(5-3-10)9-16-13-8-12(15)6-7-14(13)17/h2-8,16-17H,9H2,1H3. The van der Waals surface area contributed by atoms with Gasteiger partial charge in [-0.05, 0) is 24.6 Å². The molecule has 0 heterocycles. The molecule has 0 atom stereocenters. The van der Waals surface area contributed by atoms with Crippen LogP contribution in [0.1, 0.15) is 11.1 Å². The van der Waals surface area contributed by atoms with Crippen molar-refractivity contribution in [3.63, 3.8) is 0 Å². The van der Waals surface area contributed by atoms with Gasteiger partial charge in [-0.15, -0.1) is 0 Å². The number of hydrogen-bond acceptors (Lipinski definition) is 2. The number of aromatic hydroxyl groups is 1. The molecule has 2 rings (SSSR count). The first kappa shape index (κ1) is 11.5. The van der Waals surface area contributed by atoms with Crippen molar-refractivity contribution in [2.24, 2.45) is 0 Å². The normalized spacial score (nSPS) is 10.2. The highest BCUT2D eigenvalue weighted by Gasteiger charge is 2.02. The largest absolute Gasteiger partial charge is 0.506 e. The number of hydrogen-bond donors (Lipinski definition) is 2. The van der Waals surface area contributed by atoms with Gasteiger partial charge in [0.1, 0.15) is 11.6 Å². The molecule has 3 heteroatoms. The molecule has 88 valence electrons. The Hall–Kier alpha value is -2.03. The molecule has 0 bridgehead atoms. The Morgan fingerprint density at radius 1 is 1.12 bits per heavy atom. The van der Waals surface area contributed by atoms with Gasteiger partial charge in [0, 0.05) is 12.6 Å². The lowest BCUT2D eigenvalue weighted by Crippen LogP contribution is -1.99. The lowest BCUT2D eigenvalue weighted by atomic mass is 10.1. The maximum absolute atomic E-state index is 13.0. The fourth-order valence-electron chi connectivity index (χ4n) is 1.55. The molecule has 0 spiro atoms. The van der Waals surface area contributed by atoms with Crippen LogP contribution >= 0.6 is 0 Å². The number of halogens is 1. The Labute approximate surface area is 99.7 Å². The summed E-state index contributed by atoms with van der Waals surface area (Å²) in [5, 5.41) is 12.5. The first-order chi connectivity index (χ1) is 8.15. The lowest BCUT2D eigenvalue weighted by Gasteiger charge is -2.08. The number of rotatable bonds is 3. The average molecular weight is 231 g/mol. The van der Waals surface area contributed by atoms with Gasteiger partial charge in [-0.2, -0.15) is 0 Å². The molecule has 0 radical (unpaired) electrons. The summed E-state index contributed by atoms with van der Waals surface area (Å²) in [5.41, 5.74) is 2.69. The van der Waals surface area contributed by atoms with Crippen LogP contribution in [-0.4, -0.2) is 5.11 Å². The Kier molecular flexibility index (Phi) is 3.28. The van der Waals surface area contributed by atoms with E-state index in [0.29, 0.717) is 12.2 Å². The molecule has 0 aliphatic carbocycles. The van der Waals surface area contributed by atoms with E-state index in [1.165, 1.54) is 23.8 Å². The number of anilines is 1. The van der Waals surface area contributed by atoms with Crippen LogP contribution < -0.4 is 5.32 Å². The van der Waals surface area contributed by atoms with Crippen molar-refractivity contribution in [1.82, 2.24) is 0 Å². The molecule has 2 aromatic carbocycles. The predicted octanol–water partition coefficient (Wildman–Crippen LogP) is 3.45. The van der Waals surface area contributed by atoms with Crippen molar-refractivity contribution in [2.45, 2.75) is 13.5 Å². The Balaban J connectivity index is 2.07. The highest BCUT2D eigenvalue weighted by molar-refractivity contribution is 5.55. The van der Waals surface area contributed by atoms with Crippen molar-refractivity contribution in [2.75, 3.05) is 5.32 Å². The number of nitrogens with one attached hydrogen (secondary N) is 1. The smallest absolute Gasteiger partial charge is 0.138 e. The minimum Gasteiger partial charge on any atom is -0.506 e. The number of phenolic OH excluding ortho intramolecular Hbond substituents is 1. The third kappa shape index (κ3) is 2.97. The zero-order valence-electron chi connectivity index (χ0n) is 9.57. The third-order valence-corrected chi connectivity index (χ3v) is 2.56. The van der Waals surface area contributed by atoms with Gasteiger partial charge in [0.25, 0.3) is 0 Å². The van der Waals surface area contributed by atoms with Crippen LogP contribution in [0.25, 0.3) is 0 Å². The van der Waals surface area contributed by atoms with Gasteiger partial charge in [-0.1, -0.05) is 29.8 Å². The van der Waals surface area contributed by atoms with Crippen LogP contribution in [0.4, 0.5) is 10.1 Å². The van der Waals surface area contributed by atoms with E-state index in [1.54, 1.807) is 0 Å². The molecule has 0 fully saturated rings. The fourth-order valence-corrected chi connectivity index (χ4v) is 1.55. The summed E-state index contributed by atoms with van der Waals surface area (Å²) in [5.74, 6) is -0.312. The van der Waals surface area contributed by atoms with Crippen LogP contribution in [0.5, 0.6) is 5.75 Å². The topological polar surface area (TPSA) is 32.3 Å². The quantitative estimate of drug-likeness (QED) is 0.793. The third-order valence-electron chi connectivity index (χ3n) is 2.56. The van der Waals surface area contributed by atoms with Crippen molar-refractivity contribution in [3.05, 3.63) is 59.4 Å². The van der Waals surface area contributed by atoms with E-state index in [2.05, 4.69) is 5.32 Å². The van der Waals surface area contributed by atoms with Crippen LogP contribution in [0, 0.1) is 12.7 Å². The molecular weight excluding hydrogens is 217 g/mol. The maximum atomic E-state index is 13.0. The molecule has 0 aliphatic rings. The minimum atomic E-state index is -0.366. The number of benzene rings is 2. The number of phenols is 1.